The zero-order valence-corrected chi connectivity index (χ0v) is 10.1. The maximum absolute atomic E-state index is 5.39. The molecule has 90 valence electrons. The van der Waals surface area contributed by atoms with Crippen LogP contribution in [0.3, 0.4) is 0 Å². The van der Waals surface area contributed by atoms with Crippen molar-refractivity contribution < 1.29 is 9.47 Å². The summed E-state index contributed by atoms with van der Waals surface area (Å²) >= 11 is 0. The summed E-state index contributed by atoms with van der Waals surface area (Å²) in [4.78, 5) is 0. The van der Waals surface area contributed by atoms with Gasteiger partial charge in [-0.15, -0.1) is 0 Å². The first-order valence-electron chi connectivity index (χ1n) is 6.19. The molecule has 1 aliphatic rings. The first kappa shape index (κ1) is 12.9. The van der Waals surface area contributed by atoms with Crippen LogP contribution in [0.4, 0.5) is 0 Å². The van der Waals surface area contributed by atoms with Gasteiger partial charge in [0, 0.05) is 32.5 Å². The van der Waals surface area contributed by atoms with Crippen LogP contribution in [0, 0.1) is 5.92 Å². The Morgan fingerprint density at radius 3 is 2.73 bits per heavy atom. The van der Waals surface area contributed by atoms with Gasteiger partial charge in [-0.05, 0) is 45.6 Å². The van der Waals surface area contributed by atoms with Crippen molar-refractivity contribution in [2.24, 2.45) is 5.92 Å². The molecule has 0 bridgehead atoms. The number of hydrogen-bond acceptors (Lipinski definition) is 3. The van der Waals surface area contributed by atoms with Crippen LogP contribution < -0.4 is 5.32 Å². The molecule has 0 spiro atoms. The molecule has 1 aliphatic heterocycles. The minimum Gasteiger partial charge on any atom is -0.382 e. The summed E-state index contributed by atoms with van der Waals surface area (Å²) in [6.45, 7) is 5.66. The van der Waals surface area contributed by atoms with E-state index in [1.807, 2.05) is 6.92 Å². The van der Waals surface area contributed by atoms with E-state index >= 15 is 0 Å². The Hall–Kier alpha value is -0.120. The van der Waals surface area contributed by atoms with Gasteiger partial charge in [0.1, 0.15) is 0 Å². The van der Waals surface area contributed by atoms with E-state index in [1.165, 1.54) is 19.3 Å². The maximum Gasteiger partial charge on any atom is 0.0480 e. The van der Waals surface area contributed by atoms with Crippen molar-refractivity contribution >= 4 is 0 Å². The predicted molar refractivity (Wildman–Crippen MR) is 62.1 cm³/mol. The van der Waals surface area contributed by atoms with Crippen molar-refractivity contribution in [3.63, 3.8) is 0 Å². The third-order valence-electron chi connectivity index (χ3n) is 3.18. The van der Waals surface area contributed by atoms with Crippen LogP contribution >= 0.6 is 0 Å². The quantitative estimate of drug-likeness (QED) is 0.657. The van der Waals surface area contributed by atoms with E-state index in [4.69, 9.17) is 9.47 Å². The zero-order valence-electron chi connectivity index (χ0n) is 10.1. The normalized spacial score (nSPS) is 20.4. The Morgan fingerprint density at radius 1 is 1.40 bits per heavy atom. The van der Waals surface area contributed by atoms with Crippen LogP contribution in [0.2, 0.25) is 0 Å². The highest BCUT2D eigenvalue weighted by molar-refractivity contribution is 4.72. The van der Waals surface area contributed by atoms with E-state index in [9.17, 15) is 0 Å². The van der Waals surface area contributed by atoms with E-state index in [0.717, 1.165) is 38.8 Å². The lowest BCUT2D eigenvalue weighted by atomic mass is 9.91. The van der Waals surface area contributed by atoms with Crippen molar-refractivity contribution in [2.45, 2.75) is 38.6 Å². The third kappa shape index (κ3) is 5.50. The lowest BCUT2D eigenvalue weighted by Crippen LogP contribution is -2.31. The molecule has 1 heterocycles. The second kappa shape index (κ2) is 8.08. The highest BCUT2D eigenvalue weighted by atomic mass is 16.5. The van der Waals surface area contributed by atoms with Gasteiger partial charge in [-0.3, -0.25) is 0 Å². The molecule has 0 amide bonds. The second-order valence-electron chi connectivity index (χ2n) is 4.26. The highest BCUT2D eigenvalue weighted by Crippen LogP contribution is 2.21. The molecule has 3 nitrogen and oxygen atoms in total. The van der Waals surface area contributed by atoms with E-state index in [-0.39, 0.29) is 0 Å². The fraction of sp³-hybridized carbons (Fsp3) is 1.00. The molecule has 0 aromatic rings. The minimum absolute atomic E-state index is 0.611. The Bertz CT molecular complexity index is 147. The van der Waals surface area contributed by atoms with Crippen molar-refractivity contribution in [1.29, 1.82) is 0 Å². The van der Waals surface area contributed by atoms with Crippen LogP contribution in [0.25, 0.3) is 0 Å². The Labute approximate surface area is 93.5 Å². The van der Waals surface area contributed by atoms with Crippen LogP contribution in [0.5, 0.6) is 0 Å². The first-order chi connectivity index (χ1) is 7.36. The Kier molecular flexibility index (Phi) is 6.98. The molecule has 3 heteroatoms. The van der Waals surface area contributed by atoms with Gasteiger partial charge in [-0.2, -0.15) is 0 Å². The summed E-state index contributed by atoms with van der Waals surface area (Å²) in [5, 5.41) is 3.39. The summed E-state index contributed by atoms with van der Waals surface area (Å²) in [5.74, 6) is 0.845. The van der Waals surface area contributed by atoms with Gasteiger partial charge < -0.3 is 14.8 Å². The van der Waals surface area contributed by atoms with E-state index < -0.39 is 0 Å². The Balaban J connectivity index is 2.13. The summed E-state index contributed by atoms with van der Waals surface area (Å²) in [6.07, 6.45) is 4.86. The molecular formula is C12H25NO2. The molecule has 1 unspecified atom stereocenters. The van der Waals surface area contributed by atoms with Crippen molar-refractivity contribution in [2.75, 3.05) is 33.5 Å². The number of rotatable bonds is 7. The fourth-order valence-corrected chi connectivity index (χ4v) is 2.13. The summed E-state index contributed by atoms with van der Waals surface area (Å²) in [6, 6.07) is 0.611. The van der Waals surface area contributed by atoms with Crippen LogP contribution in [-0.4, -0.2) is 39.5 Å². The molecule has 0 saturated carbocycles. The number of hydrogen-bond donors (Lipinski definition) is 1. The Morgan fingerprint density at radius 2 is 2.13 bits per heavy atom. The number of ether oxygens (including phenoxy) is 2. The van der Waals surface area contributed by atoms with Crippen LogP contribution in [0.1, 0.15) is 32.6 Å². The monoisotopic (exact) mass is 215 g/mol. The molecule has 0 aromatic carbocycles. The standard InChI is InChI=1S/C12H25NO2/c1-3-14-9-6-12(13-2)10-11-4-7-15-8-5-11/h11-13H,3-10H2,1-2H3. The third-order valence-corrected chi connectivity index (χ3v) is 3.18. The molecule has 1 fully saturated rings. The minimum atomic E-state index is 0.611. The molecule has 1 N–H and O–H groups in total. The molecular weight excluding hydrogens is 190 g/mol. The van der Waals surface area contributed by atoms with Gasteiger partial charge >= 0.3 is 0 Å². The van der Waals surface area contributed by atoms with E-state index in [2.05, 4.69) is 12.4 Å². The predicted octanol–water partition coefficient (Wildman–Crippen LogP) is 1.82. The molecule has 15 heavy (non-hydrogen) atoms. The number of nitrogens with one attached hydrogen (secondary N) is 1. The molecule has 1 atom stereocenters. The van der Waals surface area contributed by atoms with E-state index in [0.29, 0.717) is 6.04 Å². The topological polar surface area (TPSA) is 30.5 Å². The van der Waals surface area contributed by atoms with Crippen molar-refractivity contribution in [1.82, 2.24) is 5.32 Å². The SMILES string of the molecule is CCOCCC(CC1CCOCC1)NC. The lowest BCUT2D eigenvalue weighted by Gasteiger charge is -2.26. The fourth-order valence-electron chi connectivity index (χ4n) is 2.13. The van der Waals surface area contributed by atoms with Crippen LogP contribution in [-0.2, 0) is 9.47 Å². The zero-order chi connectivity index (χ0) is 10.9. The second-order valence-corrected chi connectivity index (χ2v) is 4.26. The average molecular weight is 215 g/mol. The van der Waals surface area contributed by atoms with Crippen molar-refractivity contribution in [3.8, 4) is 0 Å². The maximum atomic E-state index is 5.39. The molecule has 0 radical (unpaired) electrons. The highest BCUT2D eigenvalue weighted by Gasteiger charge is 2.17. The molecule has 0 aromatic heterocycles. The summed E-state index contributed by atoms with van der Waals surface area (Å²) in [5.41, 5.74) is 0. The summed E-state index contributed by atoms with van der Waals surface area (Å²) in [7, 11) is 2.05. The van der Waals surface area contributed by atoms with Gasteiger partial charge in [0.15, 0.2) is 0 Å². The molecule has 1 saturated heterocycles. The van der Waals surface area contributed by atoms with Crippen molar-refractivity contribution in [3.05, 3.63) is 0 Å². The average Bonchev–Trinajstić information content (AvgIpc) is 2.29. The first-order valence-corrected chi connectivity index (χ1v) is 6.19. The van der Waals surface area contributed by atoms with Gasteiger partial charge in [-0.25, -0.2) is 0 Å². The van der Waals surface area contributed by atoms with Gasteiger partial charge in [0.05, 0.1) is 0 Å². The van der Waals surface area contributed by atoms with Gasteiger partial charge in [0.2, 0.25) is 0 Å². The summed E-state index contributed by atoms with van der Waals surface area (Å²) < 4.78 is 10.8. The van der Waals surface area contributed by atoms with Gasteiger partial charge in [0.25, 0.3) is 0 Å². The largest absolute Gasteiger partial charge is 0.382 e. The molecule has 0 aliphatic carbocycles. The molecule has 1 rings (SSSR count). The lowest BCUT2D eigenvalue weighted by molar-refractivity contribution is 0.0584. The van der Waals surface area contributed by atoms with Gasteiger partial charge in [-0.1, -0.05) is 0 Å². The van der Waals surface area contributed by atoms with E-state index in [1.54, 1.807) is 0 Å². The van der Waals surface area contributed by atoms with Crippen LogP contribution in [0.15, 0.2) is 0 Å². The smallest absolute Gasteiger partial charge is 0.0480 e.